The average molecular weight is 311 g/mol. The zero-order chi connectivity index (χ0) is 15.2. The highest BCUT2D eigenvalue weighted by atomic mass is 35.5. The van der Waals surface area contributed by atoms with Crippen LogP contribution in [0.15, 0.2) is 18.3 Å². The third-order valence-electron chi connectivity index (χ3n) is 3.80. The van der Waals surface area contributed by atoms with Gasteiger partial charge in [-0.2, -0.15) is 0 Å². The van der Waals surface area contributed by atoms with Crippen LogP contribution in [-0.2, 0) is 9.53 Å². The van der Waals surface area contributed by atoms with E-state index in [-0.39, 0.29) is 23.7 Å². The fourth-order valence-electron chi connectivity index (χ4n) is 2.51. The fourth-order valence-corrected chi connectivity index (χ4v) is 2.69. The van der Waals surface area contributed by atoms with E-state index >= 15 is 0 Å². The smallest absolute Gasteiger partial charge is 0.338 e. The molecule has 5 nitrogen and oxygen atoms in total. The Labute approximate surface area is 129 Å². The number of carbonyl (C=O) groups excluding carboxylic acids is 2. The molecule has 6 heteroatoms. The molecule has 0 atom stereocenters. The Kier molecular flexibility index (Phi) is 5.56. The number of amides is 1. The minimum Gasteiger partial charge on any atom is -0.452 e. The Morgan fingerprint density at radius 3 is 2.76 bits per heavy atom. The van der Waals surface area contributed by atoms with Crippen molar-refractivity contribution in [2.45, 2.75) is 38.1 Å². The van der Waals surface area contributed by atoms with Gasteiger partial charge in [-0.15, -0.1) is 0 Å². The molecular formula is C15H19ClN2O3. The second kappa shape index (κ2) is 7.41. The van der Waals surface area contributed by atoms with E-state index in [1.807, 2.05) is 0 Å². The lowest BCUT2D eigenvalue weighted by Crippen LogP contribution is -2.40. The van der Waals surface area contributed by atoms with Gasteiger partial charge in [0.1, 0.15) is 5.15 Å². The number of halogens is 1. The standard InChI is InChI=1S/C15H19ClN2O3/c1-18(12-5-3-2-4-6-12)14(19)10-21-15(20)11-7-8-17-13(16)9-11/h7-9,12H,2-6,10H2,1H3. The molecule has 1 aromatic rings. The molecular weight excluding hydrogens is 292 g/mol. The van der Waals surface area contributed by atoms with E-state index in [0.717, 1.165) is 25.7 Å². The van der Waals surface area contributed by atoms with Gasteiger partial charge in [0.05, 0.1) is 5.56 Å². The van der Waals surface area contributed by atoms with Crippen LogP contribution in [-0.4, -0.2) is 41.5 Å². The van der Waals surface area contributed by atoms with Crippen molar-refractivity contribution >= 4 is 23.5 Å². The molecule has 1 saturated carbocycles. The molecule has 0 aromatic carbocycles. The number of esters is 1. The van der Waals surface area contributed by atoms with Crippen LogP contribution < -0.4 is 0 Å². The molecule has 1 heterocycles. The van der Waals surface area contributed by atoms with E-state index in [1.54, 1.807) is 11.9 Å². The van der Waals surface area contributed by atoms with Crippen molar-refractivity contribution in [1.82, 2.24) is 9.88 Å². The minimum atomic E-state index is -0.565. The zero-order valence-corrected chi connectivity index (χ0v) is 12.8. The Bertz CT molecular complexity index is 515. The molecule has 0 radical (unpaired) electrons. The van der Waals surface area contributed by atoms with E-state index in [1.165, 1.54) is 24.8 Å². The fraction of sp³-hybridized carbons (Fsp3) is 0.533. The first-order chi connectivity index (χ1) is 10.1. The SMILES string of the molecule is CN(C(=O)COC(=O)c1ccnc(Cl)c1)C1CCCCC1. The Morgan fingerprint density at radius 1 is 1.38 bits per heavy atom. The summed E-state index contributed by atoms with van der Waals surface area (Å²) in [5.74, 6) is -0.736. The van der Waals surface area contributed by atoms with Crippen LogP contribution in [0.2, 0.25) is 5.15 Å². The number of pyridine rings is 1. The predicted octanol–water partition coefficient (Wildman–Crippen LogP) is 2.68. The number of hydrogen-bond acceptors (Lipinski definition) is 4. The molecule has 0 aliphatic heterocycles. The van der Waals surface area contributed by atoms with Crippen LogP contribution in [0.3, 0.4) is 0 Å². The maximum Gasteiger partial charge on any atom is 0.338 e. The van der Waals surface area contributed by atoms with Gasteiger partial charge in [0.15, 0.2) is 6.61 Å². The van der Waals surface area contributed by atoms with E-state index in [9.17, 15) is 9.59 Å². The van der Waals surface area contributed by atoms with Gasteiger partial charge in [0.2, 0.25) is 0 Å². The van der Waals surface area contributed by atoms with Crippen LogP contribution in [0.4, 0.5) is 0 Å². The Balaban J connectivity index is 1.84. The second-order valence-electron chi connectivity index (χ2n) is 5.24. The van der Waals surface area contributed by atoms with Crippen LogP contribution in [0, 0.1) is 0 Å². The van der Waals surface area contributed by atoms with Crippen molar-refractivity contribution in [2.75, 3.05) is 13.7 Å². The average Bonchev–Trinajstić information content (AvgIpc) is 2.52. The minimum absolute atomic E-state index is 0.171. The molecule has 114 valence electrons. The zero-order valence-electron chi connectivity index (χ0n) is 12.0. The first kappa shape index (κ1) is 15.8. The lowest BCUT2D eigenvalue weighted by Gasteiger charge is -2.31. The van der Waals surface area contributed by atoms with Gasteiger partial charge in [-0.3, -0.25) is 4.79 Å². The summed E-state index contributed by atoms with van der Waals surface area (Å²) < 4.78 is 5.04. The summed E-state index contributed by atoms with van der Waals surface area (Å²) in [6.07, 6.45) is 7.01. The Morgan fingerprint density at radius 2 is 2.10 bits per heavy atom. The van der Waals surface area contributed by atoms with Gasteiger partial charge in [-0.1, -0.05) is 30.9 Å². The molecule has 1 aliphatic carbocycles. The topological polar surface area (TPSA) is 59.5 Å². The summed E-state index contributed by atoms with van der Waals surface area (Å²) in [4.78, 5) is 29.4. The molecule has 1 amide bonds. The molecule has 1 aromatic heterocycles. The van der Waals surface area contributed by atoms with E-state index in [2.05, 4.69) is 4.98 Å². The maximum atomic E-state index is 12.1. The number of nitrogens with zero attached hydrogens (tertiary/aromatic N) is 2. The van der Waals surface area contributed by atoms with Crippen LogP contribution in [0.1, 0.15) is 42.5 Å². The van der Waals surface area contributed by atoms with Crippen LogP contribution in [0.5, 0.6) is 0 Å². The first-order valence-corrected chi connectivity index (χ1v) is 7.50. The second-order valence-corrected chi connectivity index (χ2v) is 5.63. The summed E-state index contributed by atoms with van der Waals surface area (Å²) in [7, 11) is 1.77. The number of rotatable bonds is 4. The normalized spacial score (nSPS) is 15.5. The van der Waals surface area contributed by atoms with Gasteiger partial charge < -0.3 is 9.64 Å². The van der Waals surface area contributed by atoms with Crippen molar-refractivity contribution in [2.24, 2.45) is 0 Å². The third kappa shape index (κ3) is 4.43. The maximum absolute atomic E-state index is 12.1. The molecule has 0 bridgehead atoms. The van der Waals surface area contributed by atoms with Gasteiger partial charge in [-0.05, 0) is 25.0 Å². The third-order valence-corrected chi connectivity index (χ3v) is 4.01. The van der Waals surface area contributed by atoms with Gasteiger partial charge in [0, 0.05) is 19.3 Å². The van der Waals surface area contributed by atoms with Crippen molar-refractivity contribution < 1.29 is 14.3 Å². The monoisotopic (exact) mass is 310 g/mol. The van der Waals surface area contributed by atoms with E-state index < -0.39 is 5.97 Å². The van der Waals surface area contributed by atoms with Crippen LogP contribution >= 0.6 is 11.6 Å². The molecule has 1 fully saturated rings. The largest absolute Gasteiger partial charge is 0.452 e. The van der Waals surface area contributed by atoms with Gasteiger partial charge in [-0.25, -0.2) is 9.78 Å². The highest BCUT2D eigenvalue weighted by molar-refractivity contribution is 6.29. The summed E-state index contributed by atoms with van der Waals surface area (Å²) in [6, 6.07) is 3.18. The summed E-state index contributed by atoms with van der Waals surface area (Å²) in [6.45, 7) is -0.244. The molecule has 1 aliphatic rings. The number of carbonyl (C=O) groups is 2. The van der Waals surface area contributed by atoms with Crippen molar-refractivity contribution in [3.63, 3.8) is 0 Å². The molecule has 2 rings (SSSR count). The lowest BCUT2D eigenvalue weighted by molar-refractivity contribution is -0.135. The van der Waals surface area contributed by atoms with Crippen LogP contribution in [0.25, 0.3) is 0 Å². The van der Waals surface area contributed by atoms with E-state index in [0.29, 0.717) is 5.56 Å². The van der Waals surface area contributed by atoms with Crippen molar-refractivity contribution in [3.8, 4) is 0 Å². The molecule has 21 heavy (non-hydrogen) atoms. The number of aromatic nitrogens is 1. The lowest BCUT2D eigenvalue weighted by atomic mass is 9.94. The molecule has 0 unspecified atom stereocenters. The number of hydrogen-bond donors (Lipinski definition) is 0. The first-order valence-electron chi connectivity index (χ1n) is 7.12. The summed E-state index contributed by atoms with van der Waals surface area (Å²) in [5.41, 5.74) is 0.295. The highest BCUT2D eigenvalue weighted by Gasteiger charge is 2.23. The molecule has 0 N–H and O–H groups in total. The summed E-state index contributed by atoms with van der Waals surface area (Å²) in [5, 5.41) is 0.218. The molecule has 0 spiro atoms. The van der Waals surface area contributed by atoms with Gasteiger partial charge >= 0.3 is 5.97 Å². The van der Waals surface area contributed by atoms with E-state index in [4.69, 9.17) is 16.3 Å². The Hall–Kier alpha value is -1.62. The number of likely N-dealkylation sites (N-methyl/N-ethyl adjacent to an activating group) is 1. The predicted molar refractivity (Wildman–Crippen MR) is 79.2 cm³/mol. The molecule has 0 saturated heterocycles. The van der Waals surface area contributed by atoms with Gasteiger partial charge in [0.25, 0.3) is 5.91 Å². The summed E-state index contributed by atoms with van der Waals surface area (Å²) >= 11 is 5.71. The highest BCUT2D eigenvalue weighted by Crippen LogP contribution is 2.21. The number of ether oxygens (including phenoxy) is 1. The van der Waals surface area contributed by atoms with Crippen molar-refractivity contribution in [3.05, 3.63) is 29.0 Å². The van der Waals surface area contributed by atoms with Crippen molar-refractivity contribution in [1.29, 1.82) is 0 Å². The quantitative estimate of drug-likeness (QED) is 0.633.